The minimum Gasteiger partial charge on any atom is -0.229 e. The van der Waals surface area contributed by atoms with Crippen LogP contribution in [0.3, 0.4) is 0 Å². The van der Waals surface area contributed by atoms with Crippen LogP contribution in [-0.2, 0) is 19.9 Å². The van der Waals surface area contributed by atoms with Gasteiger partial charge in [-0.25, -0.2) is 16.8 Å². The van der Waals surface area contributed by atoms with Crippen LogP contribution in [0.5, 0.6) is 0 Å². The lowest BCUT2D eigenvalue weighted by molar-refractivity contribution is 0.335. The molecule has 0 radical (unpaired) electrons. The molecule has 1 aromatic carbocycles. The van der Waals surface area contributed by atoms with E-state index in [1.807, 2.05) is 6.92 Å². The van der Waals surface area contributed by atoms with Gasteiger partial charge in [0.1, 0.15) is 0 Å². The van der Waals surface area contributed by atoms with Crippen molar-refractivity contribution in [2.24, 2.45) is 0 Å². The molecule has 1 aromatic rings. The first kappa shape index (κ1) is 18.7. The van der Waals surface area contributed by atoms with Crippen molar-refractivity contribution in [3.05, 3.63) is 28.8 Å². The zero-order valence-corrected chi connectivity index (χ0v) is 15.7. The van der Waals surface area contributed by atoms with Gasteiger partial charge in [0, 0.05) is 17.6 Å². The molecule has 1 fully saturated rings. The van der Waals surface area contributed by atoms with Gasteiger partial charge in [0.05, 0.1) is 16.4 Å². The van der Waals surface area contributed by atoms with Crippen molar-refractivity contribution >= 4 is 31.5 Å². The van der Waals surface area contributed by atoms with Crippen molar-refractivity contribution in [2.75, 3.05) is 18.1 Å². The van der Waals surface area contributed by atoms with E-state index in [2.05, 4.69) is 0 Å². The lowest BCUT2D eigenvalue weighted by Crippen LogP contribution is -2.41. The van der Waals surface area contributed by atoms with Gasteiger partial charge >= 0.3 is 0 Å². The molecule has 23 heavy (non-hydrogen) atoms. The number of halogens is 1. The maximum Gasteiger partial charge on any atom is 0.243 e. The zero-order valence-electron chi connectivity index (χ0n) is 13.3. The SMILES string of the molecule is CCCCN([C@H]1CCS(=O)(=O)C1)S(=O)(=O)c1cc(Cl)ccc1C. The normalized spacial score (nSPS) is 21.0. The number of unbranched alkanes of at least 4 members (excludes halogenated alkanes) is 1. The van der Waals surface area contributed by atoms with Crippen molar-refractivity contribution in [1.82, 2.24) is 4.31 Å². The molecule has 0 unspecified atom stereocenters. The van der Waals surface area contributed by atoms with Gasteiger partial charge in [-0.15, -0.1) is 0 Å². The Balaban J connectivity index is 2.43. The van der Waals surface area contributed by atoms with Crippen molar-refractivity contribution in [3.8, 4) is 0 Å². The molecule has 0 N–H and O–H groups in total. The summed E-state index contributed by atoms with van der Waals surface area (Å²) in [5.74, 6) is -0.0557. The average Bonchev–Trinajstić information content (AvgIpc) is 2.81. The van der Waals surface area contributed by atoms with Gasteiger partial charge in [-0.2, -0.15) is 4.31 Å². The summed E-state index contributed by atoms with van der Waals surface area (Å²) in [5, 5.41) is 0.351. The molecule has 1 atom stereocenters. The molecule has 0 amide bonds. The molecule has 2 rings (SSSR count). The van der Waals surface area contributed by atoms with Crippen LogP contribution >= 0.6 is 11.6 Å². The van der Waals surface area contributed by atoms with Crippen LogP contribution < -0.4 is 0 Å². The van der Waals surface area contributed by atoms with E-state index in [0.717, 1.165) is 6.42 Å². The highest BCUT2D eigenvalue weighted by Gasteiger charge is 2.38. The molecule has 1 saturated heterocycles. The molecule has 5 nitrogen and oxygen atoms in total. The molecule has 1 aliphatic heterocycles. The van der Waals surface area contributed by atoms with Crippen LogP contribution in [0.4, 0.5) is 0 Å². The Labute approximate surface area is 143 Å². The Bertz CT molecular complexity index is 775. The van der Waals surface area contributed by atoms with Gasteiger partial charge < -0.3 is 0 Å². The van der Waals surface area contributed by atoms with E-state index in [1.54, 1.807) is 19.1 Å². The Hall–Kier alpha value is -0.630. The summed E-state index contributed by atoms with van der Waals surface area (Å²) in [6.45, 7) is 4.01. The van der Waals surface area contributed by atoms with Crippen LogP contribution in [0, 0.1) is 6.92 Å². The van der Waals surface area contributed by atoms with Crippen LogP contribution in [0.15, 0.2) is 23.1 Å². The number of rotatable bonds is 6. The standard InChI is InChI=1S/C15H22ClNO4S2/c1-3-4-8-17(14-7-9-22(18,19)11-14)23(20,21)15-10-13(16)6-5-12(15)2/h5-6,10,14H,3-4,7-9,11H2,1-2H3/t14-/m0/s1. The minimum atomic E-state index is -3.78. The maximum absolute atomic E-state index is 13.1. The highest BCUT2D eigenvalue weighted by Crippen LogP contribution is 2.28. The third-order valence-corrected chi connectivity index (χ3v) is 8.16. The number of aryl methyl sites for hydroxylation is 1. The summed E-state index contributed by atoms with van der Waals surface area (Å²) >= 11 is 5.96. The highest BCUT2D eigenvalue weighted by molar-refractivity contribution is 7.92. The Morgan fingerprint density at radius 1 is 1.35 bits per heavy atom. The Morgan fingerprint density at radius 3 is 2.61 bits per heavy atom. The molecular formula is C15H22ClNO4S2. The van der Waals surface area contributed by atoms with Gasteiger partial charge in [-0.05, 0) is 37.5 Å². The first-order valence-corrected chi connectivity index (χ1v) is 11.3. The van der Waals surface area contributed by atoms with Crippen molar-refractivity contribution in [1.29, 1.82) is 0 Å². The number of hydrogen-bond donors (Lipinski definition) is 0. The van der Waals surface area contributed by atoms with Crippen LogP contribution in [0.25, 0.3) is 0 Å². The summed E-state index contributed by atoms with van der Waals surface area (Å²) in [4.78, 5) is 0.158. The van der Waals surface area contributed by atoms with E-state index in [4.69, 9.17) is 11.6 Å². The van der Waals surface area contributed by atoms with Gasteiger partial charge in [0.2, 0.25) is 10.0 Å². The Morgan fingerprint density at radius 2 is 2.04 bits per heavy atom. The van der Waals surface area contributed by atoms with Gasteiger partial charge in [-0.3, -0.25) is 0 Å². The fraction of sp³-hybridized carbons (Fsp3) is 0.600. The second-order valence-electron chi connectivity index (χ2n) is 5.94. The first-order valence-electron chi connectivity index (χ1n) is 7.66. The van der Waals surface area contributed by atoms with Gasteiger partial charge in [0.25, 0.3) is 0 Å². The summed E-state index contributed by atoms with van der Waals surface area (Å²) in [6.07, 6.45) is 1.88. The molecule has 1 aliphatic rings. The average molecular weight is 380 g/mol. The van der Waals surface area contributed by atoms with E-state index in [9.17, 15) is 16.8 Å². The number of benzene rings is 1. The molecule has 0 aromatic heterocycles. The quantitative estimate of drug-likeness (QED) is 0.761. The number of nitrogens with zero attached hydrogens (tertiary/aromatic N) is 1. The molecular weight excluding hydrogens is 358 g/mol. The third-order valence-electron chi connectivity index (χ3n) is 4.08. The fourth-order valence-electron chi connectivity index (χ4n) is 2.79. The second kappa shape index (κ2) is 7.09. The molecule has 8 heteroatoms. The topological polar surface area (TPSA) is 71.5 Å². The summed E-state index contributed by atoms with van der Waals surface area (Å²) in [7, 11) is -6.93. The summed E-state index contributed by atoms with van der Waals surface area (Å²) in [5.41, 5.74) is 0.608. The third kappa shape index (κ3) is 4.26. The highest BCUT2D eigenvalue weighted by atomic mass is 35.5. The van der Waals surface area contributed by atoms with Crippen molar-refractivity contribution < 1.29 is 16.8 Å². The van der Waals surface area contributed by atoms with Gasteiger partial charge in [0.15, 0.2) is 9.84 Å². The smallest absolute Gasteiger partial charge is 0.229 e. The predicted octanol–water partition coefficient (Wildman–Crippen LogP) is 2.63. The lowest BCUT2D eigenvalue weighted by Gasteiger charge is -2.28. The Kier molecular flexibility index (Phi) is 5.76. The van der Waals surface area contributed by atoms with Gasteiger partial charge in [-0.1, -0.05) is 31.0 Å². The summed E-state index contributed by atoms with van der Waals surface area (Å²) < 4.78 is 51.0. The molecule has 0 spiro atoms. The van der Waals surface area contributed by atoms with Crippen LogP contribution in [0.1, 0.15) is 31.7 Å². The summed E-state index contributed by atoms with van der Waals surface area (Å²) in [6, 6.07) is 4.26. The molecule has 1 heterocycles. The van der Waals surface area contributed by atoms with E-state index >= 15 is 0 Å². The van der Waals surface area contributed by atoms with Crippen LogP contribution in [-0.4, -0.2) is 45.2 Å². The van der Waals surface area contributed by atoms with Crippen LogP contribution in [0.2, 0.25) is 5.02 Å². The largest absolute Gasteiger partial charge is 0.243 e. The molecule has 0 bridgehead atoms. The molecule has 0 saturated carbocycles. The van der Waals surface area contributed by atoms with E-state index < -0.39 is 25.9 Å². The van der Waals surface area contributed by atoms with Crippen molar-refractivity contribution in [3.63, 3.8) is 0 Å². The number of sulfone groups is 1. The monoisotopic (exact) mass is 379 g/mol. The first-order chi connectivity index (χ1) is 10.7. The number of sulfonamides is 1. The molecule has 130 valence electrons. The van der Waals surface area contributed by atoms with Crippen molar-refractivity contribution in [2.45, 2.75) is 44.0 Å². The van der Waals surface area contributed by atoms with E-state index in [-0.39, 0.29) is 16.4 Å². The lowest BCUT2D eigenvalue weighted by atomic mass is 10.2. The zero-order chi connectivity index (χ0) is 17.3. The number of hydrogen-bond acceptors (Lipinski definition) is 4. The van der Waals surface area contributed by atoms with E-state index in [0.29, 0.717) is 30.0 Å². The molecule has 0 aliphatic carbocycles. The fourth-order valence-corrected chi connectivity index (χ4v) is 6.80. The second-order valence-corrected chi connectivity index (χ2v) is 10.5. The minimum absolute atomic E-state index is 0.0460. The predicted molar refractivity (Wildman–Crippen MR) is 92.0 cm³/mol. The van der Waals surface area contributed by atoms with E-state index in [1.165, 1.54) is 10.4 Å². The maximum atomic E-state index is 13.1.